The highest BCUT2D eigenvalue weighted by atomic mass is 32.1. The lowest BCUT2D eigenvalue weighted by Crippen LogP contribution is -2.32. The summed E-state index contributed by atoms with van der Waals surface area (Å²) in [6.07, 6.45) is 0.773. The fourth-order valence-corrected chi connectivity index (χ4v) is 1.88. The van der Waals surface area contributed by atoms with Crippen LogP contribution in [-0.4, -0.2) is 29.3 Å². The second kappa shape index (κ2) is 6.57. The van der Waals surface area contributed by atoms with Crippen LogP contribution in [0.4, 0.5) is 5.69 Å². The smallest absolute Gasteiger partial charge is 0.103 e. The van der Waals surface area contributed by atoms with E-state index in [4.69, 9.17) is 23.1 Å². The molecular weight excluding hydrogens is 232 g/mol. The summed E-state index contributed by atoms with van der Waals surface area (Å²) in [6, 6.07) is 8.31. The Kier molecular flexibility index (Phi) is 5.38. The fraction of sp³-hybridized carbons (Fsp3) is 0.462. The van der Waals surface area contributed by atoms with Crippen molar-refractivity contribution in [2.75, 3.05) is 18.1 Å². The molecule has 0 unspecified atom stereocenters. The quantitative estimate of drug-likeness (QED) is 0.759. The van der Waals surface area contributed by atoms with Crippen molar-refractivity contribution < 1.29 is 5.11 Å². The topological polar surface area (TPSA) is 49.5 Å². The Balaban J connectivity index is 2.83. The zero-order valence-corrected chi connectivity index (χ0v) is 11.2. The van der Waals surface area contributed by atoms with Gasteiger partial charge in [0.05, 0.1) is 0 Å². The van der Waals surface area contributed by atoms with E-state index < -0.39 is 0 Å². The number of nitrogens with two attached hydrogens (primary N) is 1. The Hall–Kier alpha value is -1.13. The van der Waals surface area contributed by atoms with Crippen LogP contribution in [0.1, 0.15) is 25.8 Å². The lowest BCUT2D eigenvalue weighted by Gasteiger charge is -2.29. The molecule has 0 spiro atoms. The third-order valence-corrected chi connectivity index (χ3v) is 2.90. The predicted octanol–water partition coefficient (Wildman–Crippen LogP) is 1.92. The van der Waals surface area contributed by atoms with Gasteiger partial charge in [0, 0.05) is 30.4 Å². The van der Waals surface area contributed by atoms with Gasteiger partial charge in [0.1, 0.15) is 4.99 Å². The van der Waals surface area contributed by atoms with Crippen LogP contribution >= 0.6 is 12.2 Å². The number of benzene rings is 1. The number of hydrogen-bond donors (Lipinski definition) is 2. The van der Waals surface area contributed by atoms with Gasteiger partial charge in [-0.2, -0.15) is 0 Å². The van der Waals surface area contributed by atoms with Crippen molar-refractivity contribution in [3.63, 3.8) is 0 Å². The van der Waals surface area contributed by atoms with Crippen molar-refractivity contribution in [2.45, 2.75) is 26.3 Å². The molecule has 1 aromatic carbocycles. The van der Waals surface area contributed by atoms with Crippen LogP contribution in [0.25, 0.3) is 0 Å². The van der Waals surface area contributed by atoms with E-state index >= 15 is 0 Å². The minimum absolute atomic E-state index is 0.216. The molecule has 0 fully saturated rings. The molecule has 0 atom stereocenters. The normalized spacial score (nSPS) is 10.6. The molecule has 0 bridgehead atoms. The SMILES string of the molecule is CC(C)N(CCCO)c1ccc(C(N)=S)cc1. The summed E-state index contributed by atoms with van der Waals surface area (Å²) in [4.78, 5) is 2.67. The van der Waals surface area contributed by atoms with Crippen LogP contribution in [0.3, 0.4) is 0 Å². The largest absolute Gasteiger partial charge is 0.396 e. The molecule has 1 rings (SSSR count). The minimum atomic E-state index is 0.216. The van der Waals surface area contributed by atoms with Crippen LogP contribution in [0, 0.1) is 0 Å². The number of aliphatic hydroxyl groups is 1. The number of thiocarbonyl (C=S) groups is 1. The van der Waals surface area contributed by atoms with Crippen LogP contribution in [0.15, 0.2) is 24.3 Å². The predicted molar refractivity (Wildman–Crippen MR) is 76.5 cm³/mol. The zero-order chi connectivity index (χ0) is 12.8. The van der Waals surface area contributed by atoms with Gasteiger partial charge < -0.3 is 15.7 Å². The van der Waals surface area contributed by atoms with Crippen LogP contribution in [0.5, 0.6) is 0 Å². The van der Waals surface area contributed by atoms with Crippen LogP contribution in [-0.2, 0) is 0 Å². The highest BCUT2D eigenvalue weighted by Gasteiger charge is 2.10. The fourth-order valence-electron chi connectivity index (χ4n) is 1.74. The lowest BCUT2D eigenvalue weighted by atomic mass is 10.1. The lowest BCUT2D eigenvalue weighted by molar-refractivity contribution is 0.288. The molecule has 0 saturated carbocycles. The first-order chi connectivity index (χ1) is 8.06. The molecule has 3 nitrogen and oxygen atoms in total. The summed E-state index contributed by atoms with van der Waals surface area (Å²) in [7, 11) is 0. The van der Waals surface area contributed by atoms with Crippen molar-refractivity contribution in [3.8, 4) is 0 Å². The average Bonchev–Trinajstić information content (AvgIpc) is 2.29. The number of nitrogens with zero attached hydrogens (tertiary/aromatic N) is 1. The first-order valence-electron chi connectivity index (χ1n) is 5.83. The van der Waals surface area contributed by atoms with E-state index in [0.29, 0.717) is 11.0 Å². The summed E-state index contributed by atoms with van der Waals surface area (Å²) >= 11 is 4.92. The van der Waals surface area contributed by atoms with Crippen LogP contribution < -0.4 is 10.6 Å². The van der Waals surface area contributed by atoms with E-state index in [2.05, 4.69) is 18.7 Å². The van der Waals surface area contributed by atoms with Crippen LogP contribution in [0.2, 0.25) is 0 Å². The molecule has 0 aliphatic heterocycles. The van der Waals surface area contributed by atoms with E-state index in [9.17, 15) is 0 Å². The molecule has 0 radical (unpaired) electrons. The van der Waals surface area contributed by atoms with Gasteiger partial charge in [-0.15, -0.1) is 0 Å². The summed E-state index contributed by atoms with van der Waals surface area (Å²) < 4.78 is 0. The second-order valence-electron chi connectivity index (χ2n) is 4.28. The molecule has 1 aromatic rings. The minimum Gasteiger partial charge on any atom is -0.396 e. The highest BCUT2D eigenvalue weighted by molar-refractivity contribution is 7.80. The Morgan fingerprint density at radius 1 is 1.35 bits per heavy atom. The van der Waals surface area contributed by atoms with Gasteiger partial charge >= 0.3 is 0 Å². The Labute approximate surface area is 108 Å². The third-order valence-electron chi connectivity index (χ3n) is 2.66. The summed E-state index contributed by atoms with van der Waals surface area (Å²) in [5.74, 6) is 0. The molecule has 3 N–H and O–H groups in total. The molecule has 0 aromatic heterocycles. The summed E-state index contributed by atoms with van der Waals surface area (Å²) in [5.41, 5.74) is 7.58. The van der Waals surface area contributed by atoms with Gasteiger partial charge in [0.2, 0.25) is 0 Å². The summed E-state index contributed by atoms with van der Waals surface area (Å²) in [6.45, 7) is 5.34. The van der Waals surface area contributed by atoms with Crippen molar-refractivity contribution in [1.29, 1.82) is 0 Å². The van der Waals surface area contributed by atoms with E-state index in [1.165, 1.54) is 0 Å². The number of aliphatic hydroxyl groups excluding tert-OH is 1. The van der Waals surface area contributed by atoms with Gasteiger partial charge in [-0.05, 0) is 44.5 Å². The number of rotatable bonds is 6. The molecule has 0 saturated heterocycles. The number of anilines is 1. The van der Waals surface area contributed by atoms with Crippen molar-refractivity contribution in [3.05, 3.63) is 29.8 Å². The molecular formula is C13H20N2OS. The molecule has 0 aliphatic rings. The molecule has 0 heterocycles. The Morgan fingerprint density at radius 3 is 2.35 bits per heavy atom. The van der Waals surface area contributed by atoms with Crippen molar-refractivity contribution in [1.82, 2.24) is 0 Å². The first-order valence-corrected chi connectivity index (χ1v) is 6.24. The average molecular weight is 252 g/mol. The first kappa shape index (κ1) is 13.9. The standard InChI is InChI=1S/C13H20N2OS/c1-10(2)15(8-3-9-16)12-6-4-11(5-7-12)13(14)17/h4-7,10,16H,3,8-9H2,1-2H3,(H2,14,17). The maximum absolute atomic E-state index is 8.90. The van der Waals surface area contributed by atoms with Gasteiger partial charge in [0.15, 0.2) is 0 Å². The maximum atomic E-state index is 8.90. The van der Waals surface area contributed by atoms with E-state index in [1.54, 1.807) is 0 Å². The van der Waals surface area contributed by atoms with E-state index in [1.807, 2.05) is 24.3 Å². The molecule has 0 amide bonds. The Bertz CT molecular complexity index is 362. The van der Waals surface area contributed by atoms with Gasteiger partial charge in [-0.25, -0.2) is 0 Å². The van der Waals surface area contributed by atoms with Gasteiger partial charge in [-0.3, -0.25) is 0 Å². The highest BCUT2D eigenvalue weighted by Crippen LogP contribution is 2.18. The van der Waals surface area contributed by atoms with Gasteiger partial charge in [-0.1, -0.05) is 12.2 Å². The van der Waals surface area contributed by atoms with E-state index in [0.717, 1.165) is 24.2 Å². The summed E-state index contributed by atoms with van der Waals surface area (Å²) in [5, 5.41) is 8.90. The number of hydrogen-bond acceptors (Lipinski definition) is 3. The molecule has 4 heteroatoms. The Morgan fingerprint density at radius 2 is 1.94 bits per heavy atom. The maximum Gasteiger partial charge on any atom is 0.103 e. The van der Waals surface area contributed by atoms with Crippen molar-refractivity contribution in [2.24, 2.45) is 5.73 Å². The monoisotopic (exact) mass is 252 g/mol. The van der Waals surface area contributed by atoms with Crippen molar-refractivity contribution >= 4 is 22.9 Å². The molecule has 0 aliphatic carbocycles. The third kappa shape index (κ3) is 3.98. The second-order valence-corrected chi connectivity index (χ2v) is 4.72. The molecule has 94 valence electrons. The van der Waals surface area contributed by atoms with E-state index in [-0.39, 0.29) is 6.61 Å². The van der Waals surface area contributed by atoms with Gasteiger partial charge in [0.25, 0.3) is 0 Å². The zero-order valence-electron chi connectivity index (χ0n) is 10.4. The molecule has 17 heavy (non-hydrogen) atoms.